The largest absolute Gasteiger partial charge is 0.353 e. The Balaban J connectivity index is 1.48. The number of anilines is 1. The Bertz CT molecular complexity index is 807. The standard InChI is InChI=1S/C15H18N6OS/c1-10(14-18-11(2)19-22-14)20-4-6-21(7-5-20)13-12-3-8-23-15(12)17-9-16-13/h3,8-10H,4-7H2,1-2H3/t10-/m1/s1. The van der Waals surface area contributed by atoms with Crippen LogP contribution in [-0.4, -0.2) is 51.2 Å². The molecule has 0 aromatic carbocycles. The lowest BCUT2D eigenvalue weighted by atomic mass is 10.2. The van der Waals surface area contributed by atoms with E-state index in [4.69, 9.17) is 4.52 Å². The number of rotatable bonds is 3. The molecule has 23 heavy (non-hydrogen) atoms. The molecule has 1 aliphatic heterocycles. The molecule has 120 valence electrons. The molecular weight excluding hydrogens is 312 g/mol. The van der Waals surface area contributed by atoms with Gasteiger partial charge < -0.3 is 9.42 Å². The molecule has 0 spiro atoms. The van der Waals surface area contributed by atoms with Gasteiger partial charge in [-0.2, -0.15) is 4.98 Å². The minimum Gasteiger partial charge on any atom is -0.353 e. The molecule has 1 fully saturated rings. The fourth-order valence-electron chi connectivity index (χ4n) is 2.99. The topological polar surface area (TPSA) is 71.2 Å². The second-order valence-corrected chi connectivity index (χ2v) is 6.61. The van der Waals surface area contributed by atoms with E-state index in [0.717, 1.165) is 42.2 Å². The molecule has 7 nitrogen and oxygen atoms in total. The van der Waals surface area contributed by atoms with Crippen LogP contribution in [0.15, 0.2) is 22.3 Å². The molecular formula is C15H18N6OS. The first-order valence-corrected chi connectivity index (χ1v) is 8.58. The van der Waals surface area contributed by atoms with Crippen molar-refractivity contribution in [3.8, 4) is 0 Å². The van der Waals surface area contributed by atoms with Gasteiger partial charge in [-0.25, -0.2) is 9.97 Å². The molecule has 1 aliphatic rings. The highest BCUT2D eigenvalue weighted by Crippen LogP contribution is 2.28. The average Bonchev–Trinajstić information content (AvgIpc) is 3.22. The Morgan fingerprint density at radius 3 is 2.78 bits per heavy atom. The molecule has 0 radical (unpaired) electrons. The summed E-state index contributed by atoms with van der Waals surface area (Å²) in [6.45, 7) is 7.71. The summed E-state index contributed by atoms with van der Waals surface area (Å²) in [7, 11) is 0. The van der Waals surface area contributed by atoms with E-state index in [1.807, 2.05) is 6.92 Å². The van der Waals surface area contributed by atoms with Gasteiger partial charge in [0.05, 0.1) is 11.4 Å². The van der Waals surface area contributed by atoms with E-state index in [1.54, 1.807) is 17.7 Å². The Morgan fingerprint density at radius 2 is 2.04 bits per heavy atom. The highest BCUT2D eigenvalue weighted by Gasteiger charge is 2.26. The average molecular weight is 330 g/mol. The van der Waals surface area contributed by atoms with E-state index in [-0.39, 0.29) is 6.04 Å². The Labute approximate surface area is 138 Å². The van der Waals surface area contributed by atoms with E-state index >= 15 is 0 Å². The lowest BCUT2D eigenvalue weighted by molar-refractivity contribution is 0.164. The molecule has 1 saturated heterocycles. The fourth-order valence-corrected chi connectivity index (χ4v) is 3.72. The van der Waals surface area contributed by atoms with E-state index in [2.05, 4.69) is 48.3 Å². The number of hydrogen-bond acceptors (Lipinski definition) is 8. The first kappa shape index (κ1) is 14.5. The smallest absolute Gasteiger partial charge is 0.243 e. The Kier molecular flexibility index (Phi) is 3.70. The SMILES string of the molecule is Cc1noc([C@@H](C)N2CCN(c3ncnc4sccc34)CC2)n1. The summed E-state index contributed by atoms with van der Waals surface area (Å²) >= 11 is 1.65. The van der Waals surface area contributed by atoms with Gasteiger partial charge in [0.2, 0.25) is 5.89 Å². The lowest BCUT2D eigenvalue weighted by Gasteiger charge is -2.37. The molecule has 4 heterocycles. The zero-order chi connectivity index (χ0) is 15.8. The van der Waals surface area contributed by atoms with Crippen LogP contribution in [0.1, 0.15) is 24.7 Å². The summed E-state index contributed by atoms with van der Waals surface area (Å²) in [5, 5.41) is 7.10. The van der Waals surface area contributed by atoms with Crippen LogP contribution in [0.3, 0.4) is 0 Å². The number of aryl methyl sites for hydroxylation is 1. The van der Waals surface area contributed by atoms with Crippen molar-refractivity contribution in [1.29, 1.82) is 0 Å². The molecule has 0 amide bonds. The van der Waals surface area contributed by atoms with Crippen LogP contribution >= 0.6 is 11.3 Å². The molecule has 0 N–H and O–H groups in total. The van der Waals surface area contributed by atoms with Crippen molar-refractivity contribution in [2.24, 2.45) is 0 Å². The molecule has 4 rings (SSSR count). The van der Waals surface area contributed by atoms with Crippen molar-refractivity contribution in [3.63, 3.8) is 0 Å². The van der Waals surface area contributed by atoms with E-state index in [0.29, 0.717) is 11.7 Å². The van der Waals surface area contributed by atoms with E-state index in [1.165, 1.54) is 0 Å². The molecule has 0 bridgehead atoms. The van der Waals surface area contributed by atoms with Gasteiger partial charge in [-0.3, -0.25) is 4.90 Å². The highest BCUT2D eigenvalue weighted by molar-refractivity contribution is 7.16. The third-order valence-corrected chi connectivity index (χ3v) is 5.12. The van der Waals surface area contributed by atoms with Gasteiger partial charge in [0.25, 0.3) is 0 Å². The molecule has 3 aromatic heterocycles. The Morgan fingerprint density at radius 1 is 1.22 bits per heavy atom. The van der Waals surface area contributed by atoms with Crippen LogP contribution in [0.25, 0.3) is 10.2 Å². The summed E-state index contributed by atoms with van der Waals surface area (Å²) in [4.78, 5) is 18.9. The van der Waals surface area contributed by atoms with Crippen molar-refractivity contribution in [3.05, 3.63) is 29.5 Å². The molecule has 1 atom stereocenters. The Hall–Kier alpha value is -2.06. The zero-order valence-corrected chi connectivity index (χ0v) is 14.0. The minimum atomic E-state index is 0.143. The number of hydrogen-bond donors (Lipinski definition) is 0. The normalized spacial score (nSPS) is 17.7. The van der Waals surface area contributed by atoms with Crippen molar-refractivity contribution >= 4 is 27.4 Å². The van der Waals surface area contributed by atoms with Gasteiger partial charge in [-0.1, -0.05) is 5.16 Å². The molecule has 8 heteroatoms. The molecule has 0 aliphatic carbocycles. The van der Waals surface area contributed by atoms with Gasteiger partial charge in [0.1, 0.15) is 17.0 Å². The number of aromatic nitrogens is 4. The van der Waals surface area contributed by atoms with Crippen molar-refractivity contribution in [2.75, 3.05) is 31.1 Å². The number of nitrogens with zero attached hydrogens (tertiary/aromatic N) is 6. The predicted molar refractivity (Wildman–Crippen MR) is 88.7 cm³/mol. The van der Waals surface area contributed by atoms with Crippen LogP contribution in [0.4, 0.5) is 5.82 Å². The van der Waals surface area contributed by atoms with Gasteiger partial charge in [0, 0.05) is 26.2 Å². The monoisotopic (exact) mass is 330 g/mol. The van der Waals surface area contributed by atoms with Gasteiger partial charge in [0.15, 0.2) is 5.82 Å². The minimum absolute atomic E-state index is 0.143. The lowest BCUT2D eigenvalue weighted by Crippen LogP contribution is -2.47. The number of fused-ring (bicyclic) bond motifs is 1. The van der Waals surface area contributed by atoms with Crippen LogP contribution in [0, 0.1) is 6.92 Å². The molecule has 3 aromatic rings. The summed E-state index contributed by atoms with van der Waals surface area (Å²) in [5.41, 5.74) is 0. The second-order valence-electron chi connectivity index (χ2n) is 5.72. The number of piperazine rings is 1. The maximum Gasteiger partial charge on any atom is 0.243 e. The zero-order valence-electron chi connectivity index (χ0n) is 13.1. The van der Waals surface area contributed by atoms with E-state index < -0.39 is 0 Å². The van der Waals surface area contributed by atoms with Crippen molar-refractivity contribution < 1.29 is 4.52 Å². The van der Waals surface area contributed by atoms with Crippen molar-refractivity contribution in [2.45, 2.75) is 19.9 Å². The maximum absolute atomic E-state index is 5.30. The van der Waals surface area contributed by atoms with Gasteiger partial charge >= 0.3 is 0 Å². The quantitative estimate of drug-likeness (QED) is 0.729. The highest BCUT2D eigenvalue weighted by atomic mass is 32.1. The maximum atomic E-state index is 5.30. The number of thiophene rings is 1. The first-order valence-electron chi connectivity index (χ1n) is 7.70. The van der Waals surface area contributed by atoms with Crippen LogP contribution in [0.2, 0.25) is 0 Å². The first-order chi connectivity index (χ1) is 11.2. The van der Waals surface area contributed by atoms with Crippen LogP contribution in [-0.2, 0) is 0 Å². The predicted octanol–water partition coefficient (Wildman–Crippen LogP) is 2.27. The summed E-state index contributed by atoms with van der Waals surface area (Å²) in [6.07, 6.45) is 1.66. The van der Waals surface area contributed by atoms with Crippen molar-refractivity contribution in [1.82, 2.24) is 25.0 Å². The van der Waals surface area contributed by atoms with Gasteiger partial charge in [-0.05, 0) is 25.3 Å². The fraction of sp³-hybridized carbons (Fsp3) is 0.467. The summed E-state index contributed by atoms with van der Waals surface area (Å²) in [6, 6.07) is 2.25. The van der Waals surface area contributed by atoms with Crippen LogP contribution < -0.4 is 4.90 Å². The summed E-state index contributed by atoms with van der Waals surface area (Å²) in [5.74, 6) is 2.42. The third kappa shape index (κ3) is 2.68. The van der Waals surface area contributed by atoms with Crippen LogP contribution in [0.5, 0.6) is 0 Å². The summed E-state index contributed by atoms with van der Waals surface area (Å²) < 4.78 is 5.30. The molecule has 0 saturated carbocycles. The third-order valence-electron chi connectivity index (χ3n) is 4.30. The molecule has 0 unspecified atom stereocenters. The van der Waals surface area contributed by atoms with E-state index in [9.17, 15) is 0 Å². The second kappa shape index (κ2) is 5.86. The van der Waals surface area contributed by atoms with Gasteiger partial charge in [-0.15, -0.1) is 11.3 Å².